The maximum absolute atomic E-state index is 12.6. The monoisotopic (exact) mass is 375 g/mol. The second kappa shape index (κ2) is 7.31. The van der Waals surface area contributed by atoms with Crippen LogP contribution in [0, 0.1) is 0 Å². The highest BCUT2D eigenvalue weighted by molar-refractivity contribution is 6.11. The van der Waals surface area contributed by atoms with Crippen LogP contribution in [0.15, 0.2) is 61.3 Å². The summed E-state index contributed by atoms with van der Waals surface area (Å²) in [7, 11) is 0. The number of rotatable bonds is 5. The first-order chi connectivity index (χ1) is 13.6. The molecule has 0 unspecified atom stereocenters. The molecule has 2 heterocycles. The van der Waals surface area contributed by atoms with Crippen molar-refractivity contribution in [3.05, 3.63) is 66.9 Å². The van der Waals surface area contributed by atoms with Gasteiger partial charge in [-0.25, -0.2) is 9.67 Å². The van der Waals surface area contributed by atoms with E-state index in [4.69, 9.17) is 0 Å². The second-order valence-corrected chi connectivity index (χ2v) is 6.21. The van der Waals surface area contributed by atoms with E-state index in [9.17, 15) is 9.59 Å². The van der Waals surface area contributed by atoms with Crippen molar-refractivity contribution in [2.45, 2.75) is 13.0 Å². The van der Waals surface area contributed by atoms with Crippen LogP contribution < -0.4 is 10.6 Å². The number of H-pyrrole nitrogens is 1. The standard InChI is InChI=1S/C19H17N7O2/c1-12(26-11-20-10-22-26)18(27)23-14-5-7-15(8-6-14)24-19(28)16-4-2-3-13-9-21-25-17(13)16/h2-12H,1H3,(H,21,25)(H,23,27)(H,24,28)/t12-/m1/s1. The Morgan fingerprint density at radius 1 is 1.07 bits per heavy atom. The van der Waals surface area contributed by atoms with Crippen LogP contribution in [-0.4, -0.2) is 36.8 Å². The number of hydrogen-bond donors (Lipinski definition) is 3. The topological polar surface area (TPSA) is 118 Å². The van der Waals surface area contributed by atoms with Crippen molar-refractivity contribution < 1.29 is 9.59 Å². The number of benzene rings is 2. The van der Waals surface area contributed by atoms with Crippen molar-refractivity contribution in [1.29, 1.82) is 0 Å². The zero-order chi connectivity index (χ0) is 19.5. The lowest BCUT2D eigenvalue weighted by Gasteiger charge is -2.12. The Balaban J connectivity index is 1.42. The van der Waals surface area contributed by atoms with Gasteiger partial charge < -0.3 is 10.6 Å². The Labute approximate surface area is 159 Å². The van der Waals surface area contributed by atoms with Gasteiger partial charge in [-0.3, -0.25) is 14.7 Å². The molecular formula is C19H17N7O2. The molecule has 0 bridgehead atoms. The maximum Gasteiger partial charge on any atom is 0.257 e. The minimum atomic E-state index is -0.489. The maximum atomic E-state index is 12.6. The summed E-state index contributed by atoms with van der Waals surface area (Å²) in [5, 5.41) is 17.3. The summed E-state index contributed by atoms with van der Waals surface area (Å²) in [6.07, 6.45) is 4.54. The van der Waals surface area contributed by atoms with Crippen LogP contribution in [0.25, 0.3) is 10.9 Å². The molecule has 0 aliphatic heterocycles. The van der Waals surface area contributed by atoms with Crippen LogP contribution >= 0.6 is 0 Å². The Kier molecular flexibility index (Phi) is 4.55. The van der Waals surface area contributed by atoms with E-state index in [0.717, 1.165) is 5.39 Å². The van der Waals surface area contributed by atoms with Gasteiger partial charge in [-0.2, -0.15) is 10.2 Å². The lowest BCUT2D eigenvalue weighted by molar-refractivity contribution is -0.119. The van der Waals surface area contributed by atoms with E-state index in [2.05, 4.69) is 30.9 Å². The van der Waals surface area contributed by atoms with Crippen LogP contribution in [0.4, 0.5) is 11.4 Å². The third-order valence-electron chi connectivity index (χ3n) is 4.34. The summed E-state index contributed by atoms with van der Waals surface area (Å²) in [6, 6.07) is 11.8. The smallest absolute Gasteiger partial charge is 0.257 e. The summed E-state index contributed by atoms with van der Waals surface area (Å²) in [5.74, 6) is -0.459. The van der Waals surface area contributed by atoms with Crippen LogP contribution in [0.5, 0.6) is 0 Å². The second-order valence-electron chi connectivity index (χ2n) is 6.21. The molecule has 0 aliphatic rings. The van der Waals surface area contributed by atoms with Crippen molar-refractivity contribution in [2.75, 3.05) is 10.6 Å². The number of fused-ring (bicyclic) bond motifs is 1. The number of aromatic nitrogens is 5. The molecule has 28 heavy (non-hydrogen) atoms. The number of amides is 2. The van der Waals surface area contributed by atoms with E-state index < -0.39 is 6.04 Å². The number of carbonyl (C=O) groups excluding carboxylic acids is 2. The van der Waals surface area contributed by atoms with E-state index in [1.165, 1.54) is 17.3 Å². The Hall–Kier alpha value is -4.01. The number of anilines is 2. The summed E-state index contributed by atoms with van der Waals surface area (Å²) in [5.41, 5.74) is 2.43. The molecule has 2 aromatic heterocycles. The van der Waals surface area contributed by atoms with Gasteiger partial charge in [0.05, 0.1) is 17.3 Å². The summed E-state index contributed by atoms with van der Waals surface area (Å²) >= 11 is 0. The van der Waals surface area contributed by atoms with E-state index in [1.807, 2.05) is 12.1 Å². The van der Waals surface area contributed by atoms with Gasteiger partial charge in [0.2, 0.25) is 5.91 Å². The average molecular weight is 375 g/mol. The fraction of sp³-hybridized carbons (Fsp3) is 0.105. The van der Waals surface area contributed by atoms with E-state index in [0.29, 0.717) is 22.5 Å². The average Bonchev–Trinajstić information content (AvgIpc) is 3.40. The van der Waals surface area contributed by atoms with Crippen molar-refractivity contribution in [2.24, 2.45) is 0 Å². The number of nitrogens with zero attached hydrogens (tertiary/aromatic N) is 4. The zero-order valence-electron chi connectivity index (χ0n) is 15.0. The number of nitrogens with one attached hydrogen (secondary N) is 3. The van der Waals surface area contributed by atoms with Gasteiger partial charge >= 0.3 is 0 Å². The van der Waals surface area contributed by atoms with Crippen LogP contribution in [0.3, 0.4) is 0 Å². The van der Waals surface area contributed by atoms with Crippen molar-refractivity contribution >= 4 is 34.1 Å². The zero-order valence-corrected chi connectivity index (χ0v) is 15.0. The van der Waals surface area contributed by atoms with Gasteiger partial charge in [-0.05, 0) is 37.3 Å². The first-order valence-corrected chi connectivity index (χ1v) is 8.60. The molecular weight excluding hydrogens is 358 g/mol. The fourth-order valence-electron chi connectivity index (χ4n) is 2.78. The molecule has 3 N–H and O–H groups in total. The molecule has 0 aliphatic carbocycles. The molecule has 0 spiro atoms. The summed E-state index contributed by atoms with van der Waals surface area (Å²) in [4.78, 5) is 28.7. The molecule has 4 rings (SSSR count). The Morgan fingerprint density at radius 2 is 1.82 bits per heavy atom. The van der Waals surface area contributed by atoms with Crippen LogP contribution in [-0.2, 0) is 4.79 Å². The predicted octanol–water partition coefficient (Wildman–Crippen LogP) is 2.61. The third kappa shape index (κ3) is 3.45. The predicted molar refractivity (Wildman–Crippen MR) is 104 cm³/mol. The molecule has 1 atom stereocenters. The third-order valence-corrected chi connectivity index (χ3v) is 4.34. The lowest BCUT2D eigenvalue weighted by atomic mass is 10.1. The highest BCUT2D eigenvalue weighted by atomic mass is 16.2. The number of hydrogen-bond acceptors (Lipinski definition) is 5. The van der Waals surface area contributed by atoms with Gasteiger partial charge in [0.15, 0.2) is 0 Å². The molecule has 2 amide bonds. The van der Waals surface area contributed by atoms with Gasteiger partial charge in [0, 0.05) is 16.8 Å². The Morgan fingerprint density at radius 3 is 2.54 bits per heavy atom. The van der Waals surface area contributed by atoms with E-state index >= 15 is 0 Å². The van der Waals surface area contributed by atoms with Crippen LogP contribution in [0.2, 0.25) is 0 Å². The largest absolute Gasteiger partial charge is 0.324 e. The SMILES string of the molecule is C[C@H](C(=O)Nc1ccc(NC(=O)c2cccc3cn[nH]c23)cc1)n1cncn1. The fourth-order valence-corrected chi connectivity index (χ4v) is 2.78. The lowest BCUT2D eigenvalue weighted by Crippen LogP contribution is -2.24. The number of carbonyl (C=O) groups is 2. The normalized spacial score (nSPS) is 11.9. The quantitative estimate of drug-likeness (QED) is 0.496. The molecule has 9 nitrogen and oxygen atoms in total. The molecule has 0 radical (unpaired) electrons. The molecule has 0 saturated heterocycles. The minimum Gasteiger partial charge on any atom is -0.324 e. The van der Waals surface area contributed by atoms with Crippen LogP contribution in [0.1, 0.15) is 23.3 Å². The van der Waals surface area contributed by atoms with Gasteiger partial charge in [-0.1, -0.05) is 12.1 Å². The highest BCUT2D eigenvalue weighted by Crippen LogP contribution is 2.19. The van der Waals surface area contributed by atoms with E-state index in [-0.39, 0.29) is 11.8 Å². The van der Waals surface area contributed by atoms with Crippen molar-refractivity contribution in [1.82, 2.24) is 25.0 Å². The van der Waals surface area contributed by atoms with E-state index in [1.54, 1.807) is 43.5 Å². The molecule has 2 aromatic carbocycles. The van der Waals surface area contributed by atoms with Gasteiger partial charge in [0.25, 0.3) is 5.91 Å². The van der Waals surface area contributed by atoms with Gasteiger partial charge in [0.1, 0.15) is 18.7 Å². The first kappa shape index (κ1) is 17.4. The number of aromatic amines is 1. The molecule has 0 fully saturated rings. The highest BCUT2D eigenvalue weighted by Gasteiger charge is 2.16. The first-order valence-electron chi connectivity index (χ1n) is 8.60. The molecule has 140 valence electrons. The summed E-state index contributed by atoms with van der Waals surface area (Å²) < 4.78 is 1.47. The summed E-state index contributed by atoms with van der Waals surface area (Å²) in [6.45, 7) is 1.73. The Bertz CT molecular complexity index is 1120. The molecule has 0 saturated carbocycles. The van der Waals surface area contributed by atoms with Gasteiger partial charge in [-0.15, -0.1) is 0 Å². The van der Waals surface area contributed by atoms with Crippen molar-refractivity contribution in [3.63, 3.8) is 0 Å². The van der Waals surface area contributed by atoms with Crippen molar-refractivity contribution in [3.8, 4) is 0 Å². The number of para-hydroxylation sites is 1. The molecule has 4 aromatic rings. The molecule has 9 heteroatoms. The minimum absolute atomic E-state index is 0.215.